The molecule has 5 aromatic carbocycles. The maximum Gasteiger partial charge on any atom is 0.143 e. The third-order valence-electron chi connectivity index (χ3n) is 10.5. The number of hydrogen-bond acceptors (Lipinski definition) is 8. The summed E-state index contributed by atoms with van der Waals surface area (Å²) in [6.45, 7) is 27.3. The van der Waals surface area contributed by atoms with Crippen molar-refractivity contribution in [1.82, 2.24) is 4.90 Å². The van der Waals surface area contributed by atoms with Crippen molar-refractivity contribution in [3.63, 3.8) is 0 Å². The summed E-state index contributed by atoms with van der Waals surface area (Å²) in [5, 5.41) is 48.7. The van der Waals surface area contributed by atoms with E-state index in [-0.39, 0.29) is 44.7 Å². The lowest BCUT2D eigenvalue weighted by molar-refractivity contribution is 0.239. The molecule has 5 aromatic rings. The van der Waals surface area contributed by atoms with E-state index in [1.807, 2.05) is 54.6 Å². The standard InChI is InChI=1S/C49H59NO4S3/c1-46(2,3)32-18-30-27-50(26-29-16-14-13-15-17-29)28-31-19-33(47(4,5)6)21-37(43(31)52)56-39-23-35(49(10,11)12)25-41(45(39)54)57-40-24-34(48(7,8)9)22-38(44(40)53)55-36(20-32)42(30)51/h13-25,51-54H,26-28H2,1-12H3. The van der Waals surface area contributed by atoms with Crippen LogP contribution in [0.25, 0.3) is 0 Å². The largest absolute Gasteiger partial charge is 0.506 e. The van der Waals surface area contributed by atoms with Crippen LogP contribution in [0.3, 0.4) is 0 Å². The first-order valence-electron chi connectivity index (χ1n) is 19.7. The Morgan fingerprint density at radius 3 is 1.00 bits per heavy atom. The van der Waals surface area contributed by atoms with Crippen LogP contribution in [0.2, 0.25) is 0 Å². The minimum Gasteiger partial charge on any atom is -0.506 e. The number of hydrogen-bond donors (Lipinski definition) is 4. The Morgan fingerprint density at radius 1 is 0.421 bits per heavy atom. The quantitative estimate of drug-likeness (QED) is 0.140. The van der Waals surface area contributed by atoms with Crippen LogP contribution in [0.4, 0.5) is 0 Å². The zero-order chi connectivity index (χ0) is 41.8. The van der Waals surface area contributed by atoms with Crippen molar-refractivity contribution in [1.29, 1.82) is 0 Å². The zero-order valence-electron chi connectivity index (χ0n) is 35.6. The monoisotopic (exact) mass is 821 g/mol. The van der Waals surface area contributed by atoms with Gasteiger partial charge in [-0.3, -0.25) is 4.90 Å². The molecule has 57 heavy (non-hydrogen) atoms. The van der Waals surface area contributed by atoms with Gasteiger partial charge in [-0.2, -0.15) is 0 Å². The first-order chi connectivity index (χ1) is 26.4. The molecule has 4 N–H and O–H groups in total. The Kier molecular flexibility index (Phi) is 11.9. The SMILES string of the molecule is CC(C)(C)c1cc2c(O)c(c1)Sc1cc(C(C)(C)C)cc(c1O)Sc1cc(C(C)(C)C)cc(c1O)Sc1cc(C(C)(C)C)cc(c1O)CN(Cc1ccccc1)C2. The van der Waals surface area contributed by atoms with Gasteiger partial charge in [-0.25, -0.2) is 0 Å². The third kappa shape index (κ3) is 9.79. The number of aromatic hydroxyl groups is 4. The lowest BCUT2D eigenvalue weighted by atomic mass is 9.85. The molecule has 0 fully saturated rings. The van der Waals surface area contributed by atoms with E-state index in [1.54, 1.807) is 0 Å². The molecule has 0 aliphatic carbocycles. The fourth-order valence-corrected chi connectivity index (χ4v) is 10.0. The van der Waals surface area contributed by atoms with Gasteiger partial charge in [-0.1, -0.05) is 161 Å². The molecule has 5 nitrogen and oxygen atoms in total. The van der Waals surface area contributed by atoms with Crippen LogP contribution in [-0.2, 0) is 41.3 Å². The summed E-state index contributed by atoms with van der Waals surface area (Å²) in [7, 11) is 0. The van der Waals surface area contributed by atoms with Crippen molar-refractivity contribution in [2.24, 2.45) is 0 Å². The summed E-state index contributed by atoms with van der Waals surface area (Å²) in [6, 6.07) is 26.7. The molecule has 1 heterocycles. The first kappa shape index (κ1) is 42.9. The smallest absolute Gasteiger partial charge is 0.143 e. The van der Waals surface area contributed by atoms with Gasteiger partial charge in [0.2, 0.25) is 0 Å². The number of benzene rings is 5. The normalized spacial score (nSPS) is 14.6. The minimum atomic E-state index is -0.253. The molecule has 0 saturated heterocycles. The van der Waals surface area contributed by atoms with Crippen molar-refractivity contribution in [3.05, 3.63) is 118 Å². The highest BCUT2D eigenvalue weighted by Crippen LogP contribution is 2.53. The molecule has 0 atom stereocenters. The fourth-order valence-electron chi connectivity index (χ4n) is 6.78. The summed E-state index contributed by atoms with van der Waals surface area (Å²) in [5.41, 5.74) is 5.90. The Labute approximate surface area is 353 Å². The van der Waals surface area contributed by atoms with E-state index < -0.39 is 0 Å². The van der Waals surface area contributed by atoms with Gasteiger partial charge < -0.3 is 20.4 Å². The summed E-state index contributed by atoms with van der Waals surface area (Å²) in [4.78, 5) is 6.09. The summed E-state index contributed by atoms with van der Waals surface area (Å²) in [6.07, 6.45) is 0. The lowest BCUT2D eigenvalue weighted by Crippen LogP contribution is -2.24. The van der Waals surface area contributed by atoms with E-state index in [2.05, 4.69) is 112 Å². The molecule has 0 saturated carbocycles. The Balaban J connectivity index is 1.68. The third-order valence-corrected chi connectivity index (χ3v) is 13.7. The molecule has 1 aliphatic heterocycles. The van der Waals surface area contributed by atoms with Crippen LogP contribution in [0.5, 0.6) is 23.0 Å². The molecule has 0 spiro atoms. The summed E-state index contributed by atoms with van der Waals surface area (Å²) < 4.78 is 0. The second kappa shape index (κ2) is 15.8. The van der Waals surface area contributed by atoms with E-state index >= 15 is 0 Å². The molecular weight excluding hydrogens is 763 g/mol. The molecule has 6 rings (SSSR count). The van der Waals surface area contributed by atoms with Crippen molar-refractivity contribution >= 4 is 35.3 Å². The highest BCUT2D eigenvalue weighted by molar-refractivity contribution is 8.01. The van der Waals surface area contributed by atoms with E-state index in [0.29, 0.717) is 49.0 Å². The van der Waals surface area contributed by atoms with Gasteiger partial charge in [-0.15, -0.1) is 0 Å². The van der Waals surface area contributed by atoms with Crippen molar-refractivity contribution < 1.29 is 20.4 Å². The van der Waals surface area contributed by atoms with Crippen LogP contribution in [0.1, 0.15) is 122 Å². The van der Waals surface area contributed by atoms with Gasteiger partial charge in [-0.05, 0) is 85.9 Å². The number of phenolic OH excluding ortho intramolecular Hbond substituents is 4. The average molecular weight is 822 g/mol. The molecular formula is C49H59NO4S3. The van der Waals surface area contributed by atoms with Crippen LogP contribution in [0, 0.1) is 0 Å². The number of rotatable bonds is 2. The Morgan fingerprint density at radius 2 is 0.702 bits per heavy atom. The summed E-state index contributed by atoms with van der Waals surface area (Å²) >= 11 is 4.08. The van der Waals surface area contributed by atoms with E-state index in [4.69, 9.17) is 0 Å². The number of nitrogens with zero attached hydrogens (tertiary/aromatic N) is 1. The Bertz CT molecular complexity index is 2150. The highest BCUT2D eigenvalue weighted by atomic mass is 32.2. The maximum atomic E-state index is 12.2. The molecule has 8 bridgehead atoms. The van der Waals surface area contributed by atoms with Gasteiger partial charge in [0.15, 0.2) is 0 Å². The van der Waals surface area contributed by atoms with E-state index in [1.165, 1.54) is 35.3 Å². The van der Waals surface area contributed by atoms with Crippen LogP contribution in [0.15, 0.2) is 108 Å². The van der Waals surface area contributed by atoms with Crippen LogP contribution >= 0.6 is 35.3 Å². The summed E-state index contributed by atoms with van der Waals surface area (Å²) in [5.74, 6) is 0.542. The van der Waals surface area contributed by atoms with Crippen molar-refractivity contribution in [2.75, 3.05) is 0 Å². The van der Waals surface area contributed by atoms with Crippen LogP contribution in [-0.4, -0.2) is 25.3 Å². The van der Waals surface area contributed by atoms with Crippen LogP contribution < -0.4 is 0 Å². The van der Waals surface area contributed by atoms with E-state index in [9.17, 15) is 20.4 Å². The van der Waals surface area contributed by atoms with Crippen molar-refractivity contribution in [2.45, 2.75) is 154 Å². The highest BCUT2D eigenvalue weighted by Gasteiger charge is 2.28. The second-order valence-corrected chi connectivity index (χ2v) is 22.8. The van der Waals surface area contributed by atoms with Crippen molar-refractivity contribution in [3.8, 4) is 23.0 Å². The van der Waals surface area contributed by atoms with E-state index in [0.717, 1.165) is 38.9 Å². The molecule has 0 unspecified atom stereocenters. The first-order valence-corrected chi connectivity index (χ1v) is 22.1. The average Bonchev–Trinajstić information content (AvgIpc) is 3.09. The second-order valence-electron chi connectivity index (χ2n) is 19.5. The number of fused-ring (bicyclic) bond motifs is 8. The van der Waals surface area contributed by atoms with Gasteiger partial charge >= 0.3 is 0 Å². The molecule has 0 radical (unpaired) electrons. The van der Waals surface area contributed by atoms with Gasteiger partial charge in [0.25, 0.3) is 0 Å². The predicted octanol–water partition coefficient (Wildman–Crippen LogP) is 13.7. The van der Waals surface area contributed by atoms with Gasteiger partial charge in [0.1, 0.15) is 23.0 Å². The fraction of sp³-hybridized carbons (Fsp3) is 0.388. The predicted molar refractivity (Wildman–Crippen MR) is 239 cm³/mol. The van der Waals surface area contributed by atoms with Gasteiger partial charge in [0, 0.05) is 30.8 Å². The minimum absolute atomic E-state index is 0.0989. The topological polar surface area (TPSA) is 84.2 Å². The molecule has 1 aliphatic rings. The molecule has 8 heteroatoms. The molecule has 302 valence electrons. The Hall–Kier alpha value is -3.69. The lowest BCUT2D eigenvalue weighted by Gasteiger charge is -2.28. The van der Waals surface area contributed by atoms with Gasteiger partial charge in [0.05, 0.1) is 29.4 Å². The molecule has 0 aromatic heterocycles. The number of phenols is 4. The maximum absolute atomic E-state index is 12.2. The molecule has 0 amide bonds. The zero-order valence-corrected chi connectivity index (χ0v) is 38.0.